The lowest BCUT2D eigenvalue weighted by Crippen LogP contribution is -2.12. The van der Waals surface area contributed by atoms with Crippen molar-refractivity contribution in [1.82, 2.24) is 0 Å². The molecule has 0 spiro atoms. The van der Waals surface area contributed by atoms with Gasteiger partial charge in [-0.2, -0.15) is 0 Å². The van der Waals surface area contributed by atoms with Crippen molar-refractivity contribution in [2.24, 2.45) is 0 Å². The summed E-state index contributed by atoms with van der Waals surface area (Å²) in [6.45, 7) is 2.49. The van der Waals surface area contributed by atoms with Crippen molar-refractivity contribution in [2.45, 2.75) is 13.5 Å². The Morgan fingerprint density at radius 3 is 2.65 bits per heavy atom. The number of aromatic hydroxyl groups is 1. The van der Waals surface area contributed by atoms with Gasteiger partial charge in [0.15, 0.2) is 0 Å². The molecule has 0 fully saturated rings. The molecule has 0 bridgehead atoms. The number of phenols is 1. The quantitative estimate of drug-likeness (QED) is 0.881. The van der Waals surface area contributed by atoms with Crippen LogP contribution in [0, 0.1) is 6.92 Å². The Morgan fingerprint density at radius 2 is 1.95 bits per heavy atom. The van der Waals surface area contributed by atoms with Crippen LogP contribution in [0.4, 0.5) is 11.4 Å². The normalized spacial score (nSPS) is 10.4. The lowest BCUT2D eigenvalue weighted by atomic mass is 10.1. The Balaban J connectivity index is 2.22. The van der Waals surface area contributed by atoms with Gasteiger partial charge in [0.05, 0.1) is 11.4 Å². The van der Waals surface area contributed by atoms with E-state index < -0.39 is 0 Å². The largest absolute Gasteiger partial charge is 0.507 e. The van der Waals surface area contributed by atoms with Crippen LogP contribution >= 0.6 is 15.9 Å². The first-order chi connectivity index (χ1) is 9.49. The van der Waals surface area contributed by atoms with Gasteiger partial charge >= 0.3 is 0 Å². The predicted octanol–water partition coefficient (Wildman–Crippen LogP) is 4.14. The van der Waals surface area contributed by atoms with Crippen molar-refractivity contribution >= 4 is 27.3 Å². The molecule has 0 amide bonds. The summed E-state index contributed by atoms with van der Waals surface area (Å²) in [6, 6.07) is 11.9. The van der Waals surface area contributed by atoms with Crippen LogP contribution in [-0.2, 0) is 6.54 Å². The SMILES string of the molecule is Cc1cccc(CNc2cc(Br)ccc2N(C)C)c1O. The third-order valence-corrected chi connectivity index (χ3v) is 3.72. The van der Waals surface area contributed by atoms with Gasteiger partial charge in [-0.3, -0.25) is 0 Å². The molecule has 0 aliphatic heterocycles. The first-order valence-electron chi connectivity index (χ1n) is 6.47. The molecule has 2 aromatic carbocycles. The van der Waals surface area contributed by atoms with Crippen LogP contribution in [-0.4, -0.2) is 19.2 Å². The molecule has 3 nitrogen and oxygen atoms in total. The van der Waals surface area contributed by atoms with Gasteiger partial charge in [0, 0.05) is 30.7 Å². The Bertz CT molecular complexity index is 611. The molecule has 2 N–H and O–H groups in total. The molecule has 0 radical (unpaired) electrons. The topological polar surface area (TPSA) is 35.5 Å². The Kier molecular flexibility index (Phi) is 4.55. The standard InChI is InChI=1S/C16H19BrN2O/c1-11-5-4-6-12(16(11)20)10-18-14-9-13(17)7-8-15(14)19(2)3/h4-9,18,20H,10H2,1-3H3. The maximum Gasteiger partial charge on any atom is 0.123 e. The van der Waals surface area contributed by atoms with Crippen molar-refractivity contribution in [3.05, 3.63) is 52.0 Å². The van der Waals surface area contributed by atoms with E-state index in [-0.39, 0.29) is 0 Å². The first kappa shape index (κ1) is 14.7. The van der Waals surface area contributed by atoms with Gasteiger partial charge in [-0.15, -0.1) is 0 Å². The second-order valence-corrected chi connectivity index (χ2v) is 5.91. The summed E-state index contributed by atoms with van der Waals surface area (Å²) in [5.41, 5.74) is 3.94. The lowest BCUT2D eigenvalue weighted by molar-refractivity contribution is 0.465. The fraction of sp³-hybridized carbons (Fsp3) is 0.250. The van der Waals surface area contributed by atoms with Gasteiger partial charge in [0.25, 0.3) is 0 Å². The highest BCUT2D eigenvalue weighted by Gasteiger charge is 2.07. The van der Waals surface area contributed by atoms with Crippen molar-refractivity contribution in [3.63, 3.8) is 0 Å². The van der Waals surface area contributed by atoms with Crippen LogP contribution in [0.1, 0.15) is 11.1 Å². The summed E-state index contributed by atoms with van der Waals surface area (Å²) < 4.78 is 1.03. The van der Waals surface area contributed by atoms with E-state index in [0.717, 1.165) is 27.0 Å². The minimum absolute atomic E-state index is 0.362. The zero-order valence-corrected chi connectivity index (χ0v) is 13.5. The first-order valence-corrected chi connectivity index (χ1v) is 7.26. The van der Waals surface area contributed by atoms with E-state index in [1.165, 1.54) is 0 Å². The highest BCUT2D eigenvalue weighted by atomic mass is 79.9. The predicted molar refractivity (Wildman–Crippen MR) is 88.6 cm³/mol. The van der Waals surface area contributed by atoms with Gasteiger partial charge in [0.1, 0.15) is 5.75 Å². The highest BCUT2D eigenvalue weighted by Crippen LogP contribution is 2.29. The molecule has 0 saturated heterocycles. The number of hydrogen-bond donors (Lipinski definition) is 2. The second-order valence-electron chi connectivity index (χ2n) is 4.99. The van der Waals surface area contributed by atoms with Crippen molar-refractivity contribution in [2.75, 3.05) is 24.3 Å². The number of halogens is 1. The summed E-state index contributed by atoms with van der Waals surface area (Å²) in [5, 5.41) is 13.4. The number of nitrogens with one attached hydrogen (secondary N) is 1. The third kappa shape index (κ3) is 3.25. The van der Waals surface area contributed by atoms with Crippen LogP contribution in [0.15, 0.2) is 40.9 Å². The molecule has 106 valence electrons. The molecule has 0 heterocycles. The summed E-state index contributed by atoms with van der Waals surface area (Å²) in [7, 11) is 4.02. The number of anilines is 2. The number of phenolic OH excluding ortho intramolecular Hbond substituents is 1. The van der Waals surface area contributed by atoms with Crippen molar-refractivity contribution < 1.29 is 5.11 Å². The zero-order chi connectivity index (χ0) is 14.7. The van der Waals surface area contributed by atoms with Gasteiger partial charge in [-0.1, -0.05) is 34.1 Å². The summed E-state index contributed by atoms with van der Waals surface area (Å²) in [5.74, 6) is 0.362. The fourth-order valence-electron chi connectivity index (χ4n) is 2.09. The molecule has 0 atom stereocenters. The molecular weight excluding hydrogens is 316 g/mol. The summed E-state index contributed by atoms with van der Waals surface area (Å²) in [4.78, 5) is 2.06. The number of rotatable bonds is 4. The van der Waals surface area contributed by atoms with Gasteiger partial charge in [-0.05, 0) is 30.7 Å². The smallest absolute Gasteiger partial charge is 0.123 e. The summed E-state index contributed by atoms with van der Waals surface area (Å²) >= 11 is 3.49. The number of hydrogen-bond acceptors (Lipinski definition) is 3. The number of nitrogens with zero attached hydrogens (tertiary/aromatic N) is 1. The average molecular weight is 335 g/mol. The van der Waals surface area contributed by atoms with E-state index in [4.69, 9.17) is 0 Å². The van der Waals surface area contributed by atoms with E-state index in [2.05, 4.69) is 32.2 Å². The summed E-state index contributed by atoms with van der Waals surface area (Å²) in [6.07, 6.45) is 0. The molecule has 0 aliphatic rings. The van der Waals surface area contributed by atoms with Crippen molar-refractivity contribution in [1.29, 1.82) is 0 Å². The van der Waals surface area contributed by atoms with E-state index in [1.807, 2.05) is 51.4 Å². The lowest BCUT2D eigenvalue weighted by Gasteiger charge is -2.19. The van der Waals surface area contributed by atoms with E-state index in [9.17, 15) is 5.11 Å². The number of benzene rings is 2. The molecule has 20 heavy (non-hydrogen) atoms. The molecule has 2 rings (SSSR count). The van der Waals surface area contributed by atoms with Crippen LogP contribution < -0.4 is 10.2 Å². The van der Waals surface area contributed by atoms with Crippen LogP contribution in [0.2, 0.25) is 0 Å². The van der Waals surface area contributed by atoms with Crippen molar-refractivity contribution in [3.8, 4) is 5.75 Å². The average Bonchev–Trinajstić information content (AvgIpc) is 2.40. The van der Waals surface area contributed by atoms with E-state index in [1.54, 1.807) is 0 Å². The maximum atomic E-state index is 10.0. The van der Waals surface area contributed by atoms with Crippen LogP contribution in [0.5, 0.6) is 5.75 Å². The number of para-hydroxylation sites is 1. The van der Waals surface area contributed by atoms with Gasteiger partial charge in [0.2, 0.25) is 0 Å². The van der Waals surface area contributed by atoms with Gasteiger partial charge < -0.3 is 15.3 Å². The molecule has 2 aromatic rings. The molecule has 0 unspecified atom stereocenters. The second kappa shape index (κ2) is 6.18. The third-order valence-electron chi connectivity index (χ3n) is 3.23. The zero-order valence-electron chi connectivity index (χ0n) is 11.9. The molecule has 0 aliphatic carbocycles. The van der Waals surface area contributed by atoms with Gasteiger partial charge in [-0.25, -0.2) is 0 Å². The van der Waals surface area contributed by atoms with Crippen LogP contribution in [0.3, 0.4) is 0 Å². The fourth-order valence-corrected chi connectivity index (χ4v) is 2.45. The minimum atomic E-state index is 0.362. The molecular formula is C16H19BrN2O. The van der Waals surface area contributed by atoms with E-state index in [0.29, 0.717) is 12.3 Å². The Morgan fingerprint density at radius 1 is 1.20 bits per heavy atom. The molecule has 4 heteroatoms. The maximum absolute atomic E-state index is 10.0. The molecule has 0 aromatic heterocycles. The highest BCUT2D eigenvalue weighted by molar-refractivity contribution is 9.10. The van der Waals surface area contributed by atoms with E-state index >= 15 is 0 Å². The molecule has 0 saturated carbocycles. The number of aryl methyl sites for hydroxylation is 1. The minimum Gasteiger partial charge on any atom is -0.507 e. The van der Waals surface area contributed by atoms with Crippen LogP contribution in [0.25, 0.3) is 0 Å². The Hall–Kier alpha value is -1.68. The monoisotopic (exact) mass is 334 g/mol. The Labute approximate surface area is 128 Å².